The van der Waals surface area contributed by atoms with Crippen LogP contribution >= 0.6 is 11.6 Å². The quantitative estimate of drug-likeness (QED) is 0.876. The first-order valence-electron chi connectivity index (χ1n) is 7.08. The Kier molecular flexibility index (Phi) is 6.23. The molecule has 2 unspecified atom stereocenters. The Morgan fingerprint density at radius 1 is 1.45 bits per heavy atom. The van der Waals surface area contributed by atoms with Crippen LogP contribution in [0.3, 0.4) is 0 Å². The number of halogens is 2. The van der Waals surface area contributed by atoms with Gasteiger partial charge in [0.25, 0.3) is 0 Å². The molecule has 1 fully saturated rings. The van der Waals surface area contributed by atoms with Gasteiger partial charge < -0.3 is 14.8 Å². The Labute approximate surface area is 124 Å². The molecule has 0 amide bonds. The zero-order chi connectivity index (χ0) is 14.4. The summed E-state index contributed by atoms with van der Waals surface area (Å²) in [7, 11) is 0. The normalized spacial score (nSPS) is 20.9. The van der Waals surface area contributed by atoms with Crippen molar-refractivity contribution in [3.63, 3.8) is 0 Å². The molecular formula is C15H21ClFNO2. The molecule has 0 saturated carbocycles. The molecule has 1 saturated heterocycles. The molecule has 0 spiro atoms. The Bertz CT molecular complexity index is 424. The van der Waals surface area contributed by atoms with Gasteiger partial charge in [0.15, 0.2) is 0 Å². The van der Waals surface area contributed by atoms with Crippen molar-refractivity contribution in [1.82, 2.24) is 5.32 Å². The van der Waals surface area contributed by atoms with Crippen molar-refractivity contribution in [2.45, 2.75) is 31.9 Å². The van der Waals surface area contributed by atoms with E-state index in [1.807, 2.05) is 0 Å². The SMILES string of the molecule is CCCNC(Cc1cccc(Cl)c1F)C1COCCO1. The summed E-state index contributed by atoms with van der Waals surface area (Å²) in [4.78, 5) is 0. The molecule has 0 aromatic heterocycles. The Morgan fingerprint density at radius 3 is 3.00 bits per heavy atom. The van der Waals surface area contributed by atoms with Crippen LogP contribution in [-0.4, -0.2) is 38.5 Å². The van der Waals surface area contributed by atoms with Crippen molar-refractivity contribution in [2.75, 3.05) is 26.4 Å². The molecule has 1 aromatic rings. The zero-order valence-electron chi connectivity index (χ0n) is 11.7. The maximum Gasteiger partial charge on any atom is 0.145 e. The molecule has 1 aliphatic rings. The second-order valence-electron chi connectivity index (χ2n) is 4.96. The van der Waals surface area contributed by atoms with Crippen molar-refractivity contribution < 1.29 is 13.9 Å². The predicted molar refractivity (Wildman–Crippen MR) is 77.8 cm³/mol. The van der Waals surface area contributed by atoms with Crippen LogP contribution in [0.15, 0.2) is 18.2 Å². The highest BCUT2D eigenvalue weighted by molar-refractivity contribution is 6.30. The molecular weight excluding hydrogens is 281 g/mol. The molecule has 0 aliphatic carbocycles. The third kappa shape index (κ3) is 4.16. The monoisotopic (exact) mass is 301 g/mol. The van der Waals surface area contributed by atoms with E-state index in [0.29, 0.717) is 31.8 Å². The number of benzene rings is 1. The van der Waals surface area contributed by atoms with E-state index in [-0.39, 0.29) is 23.0 Å². The molecule has 2 rings (SSSR count). The third-order valence-corrected chi connectivity index (χ3v) is 3.71. The van der Waals surface area contributed by atoms with Crippen molar-refractivity contribution in [3.8, 4) is 0 Å². The second-order valence-corrected chi connectivity index (χ2v) is 5.37. The largest absolute Gasteiger partial charge is 0.376 e. The Morgan fingerprint density at radius 2 is 2.30 bits per heavy atom. The average molecular weight is 302 g/mol. The van der Waals surface area contributed by atoms with Gasteiger partial charge in [0.1, 0.15) is 5.82 Å². The lowest BCUT2D eigenvalue weighted by molar-refractivity contribution is -0.101. The topological polar surface area (TPSA) is 30.5 Å². The summed E-state index contributed by atoms with van der Waals surface area (Å²) in [6, 6.07) is 5.14. The van der Waals surface area contributed by atoms with Gasteiger partial charge in [-0.1, -0.05) is 30.7 Å². The van der Waals surface area contributed by atoms with Gasteiger partial charge in [-0.3, -0.25) is 0 Å². The van der Waals surface area contributed by atoms with E-state index >= 15 is 0 Å². The van der Waals surface area contributed by atoms with Gasteiger partial charge >= 0.3 is 0 Å². The molecule has 2 atom stereocenters. The van der Waals surface area contributed by atoms with Crippen molar-refractivity contribution in [1.29, 1.82) is 0 Å². The van der Waals surface area contributed by atoms with E-state index in [1.165, 1.54) is 0 Å². The smallest absolute Gasteiger partial charge is 0.145 e. The van der Waals surface area contributed by atoms with Crippen LogP contribution in [0.4, 0.5) is 4.39 Å². The van der Waals surface area contributed by atoms with Gasteiger partial charge in [0.05, 0.1) is 30.9 Å². The summed E-state index contributed by atoms with van der Waals surface area (Å²) >= 11 is 5.84. The Balaban J connectivity index is 2.07. The number of hydrogen-bond acceptors (Lipinski definition) is 3. The molecule has 1 aromatic carbocycles. The van der Waals surface area contributed by atoms with E-state index in [9.17, 15) is 4.39 Å². The highest BCUT2D eigenvalue weighted by atomic mass is 35.5. The van der Waals surface area contributed by atoms with Crippen LogP contribution in [-0.2, 0) is 15.9 Å². The van der Waals surface area contributed by atoms with Crippen LogP contribution in [0.2, 0.25) is 5.02 Å². The minimum atomic E-state index is -0.339. The summed E-state index contributed by atoms with van der Waals surface area (Å²) < 4.78 is 25.2. The van der Waals surface area contributed by atoms with Crippen LogP contribution in [0.1, 0.15) is 18.9 Å². The van der Waals surface area contributed by atoms with Gasteiger partial charge in [-0.25, -0.2) is 4.39 Å². The number of nitrogens with one attached hydrogen (secondary N) is 1. The lowest BCUT2D eigenvalue weighted by Crippen LogP contribution is -2.48. The van der Waals surface area contributed by atoms with Crippen molar-refractivity contribution in [3.05, 3.63) is 34.6 Å². The second kappa shape index (κ2) is 7.93. The summed E-state index contributed by atoms with van der Waals surface area (Å²) in [6.07, 6.45) is 1.51. The molecule has 3 nitrogen and oxygen atoms in total. The fraction of sp³-hybridized carbons (Fsp3) is 0.600. The van der Waals surface area contributed by atoms with Gasteiger partial charge in [0.2, 0.25) is 0 Å². The first-order chi connectivity index (χ1) is 9.72. The molecule has 20 heavy (non-hydrogen) atoms. The highest BCUT2D eigenvalue weighted by Gasteiger charge is 2.26. The Hall–Kier alpha value is -0.680. The van der Waals surface area contributed by atoms with Crippen molar-refractivity contribution >= 4 is 11.6 Å². The number of rotatable bonds is 6. The average Bonchev–Trinajstić information content (AvgIpc) is 2.48. The van der Waals surface area contributed by atoms with Gasteiger partial charge in [-0.15, -0.1) is 0 Å². The van der Waals surface area contributed by atoms with Gasteiger partial charge in [0, 0.05) is 6.04 Å². The highest BCUT2D eigenvalue weighted by Crippen LogP contribution is 2.20. The lowest BCUT2D eigenvalue weighted by Gasteiger charge is -2.31. The van der Waals surface area contributed by atoms with E-state index in [0.717, 1.165) is 13.0 Å². The van der Waals surface area contributed by atoms with Crippen LogP contribution in [0.25, 0.3) is 0 Å². The summed E-state index contributed by atoms with van der Waals surface area (Å²) in [5.41, 5.74) is 0.611. The number of ether oxygens (including phenoxy) is 2. The molecule has 1 heterocycles. The molecule has 1 aliphatic heterocycles. The van der Waals surface area contributed by atoms with Crippen LogP contribution in [0.5, 0.6) is 0 Å². The standard InChI is InChI=1S/C15H21ClFNO2/c1-2-6-18-13(14-10-19-7-8-20-14)9-11-4-3-5-12(16)15(11)17/h3-5,13-14,18H,2,6-10H2,1H3. The summed E-state index contributed by atoms with van der Waals surface area (Å²) in [5, 5.41) is 3.58. The van der Waals surface area contributed by atoms with Gasteiger partial charge in [-0.05, 0) is 31.0 Å². The first kappa shape index (κ1) is 15.7. The third-order valence-electron chi connectivity index (χ3n) is 3.42. The maximum atomic E-state index is 14.0. The predicted octanol–water partition coefficient (Wildman–Crippen LogP) is 2.81. The zero-order valence-corrected chi connectivity index (χ0v) is 12.5. The molecule has 112 valence electrons. The fourth-order valence-corrected chi connectivity index (χ4v) is 2.54. The molecule has 5 heteroatoms. The van der Waals surface area contributed by atoms with E-state index < -0.39 is 0 Å². The minimum Gasteiger partial charge on any atom is -0.376 e. The minimum absolute atomic E-state index is 0.0308. The molecule has 0 radical (unpaired) electrons. The number of hydrogen-bond donors (Lipinski definition) is 1. The molecule has 1 N–H and O–H groups in total. The summed E-state index contributed by atoms with van der Waals surface area (Å²) in [5.74, 6) is -0.339. The maximum absolute atomic E-state index is 14.0. The van der Waals surface area contributed by atoms with Crippen LogP contribution in [0, 0.1) is 5.82 Å². The molecule has 0 bridgehead atoms. The van der Waals surface area contributed by atoms with Gasteiger partial charge in [-0.2, -0.15) is 0 Å². The van der Waals surface area contributed by atoms with E-state index in [1.54, 1.807) is 18.2 Å². The lowest BCUT2D eigenvalue weighted by atomic mass is 10.0. The fourth-order valence-electron chi connectivity index (χ4n) is 2.35. The van der Waals surface area contributed by atoms with E-state index in [4.69, 9.17) is 21.1 Å². The summed E-state index contributed by atoms with van der Waals surface area (Å²) in [6.45, 7) is 4.73. The first-order valence-corrected chi connectivity index (χ1v) is 7.45. The van der Waals surface area contributed by atoms with Crippen molar-refractivity contribution in [2.24, 2.45) is 0 Å². The van der Waals surface area contributed by atoms with E-state index in [2.05, 4.69) is 12.2 Å². The van der Waals surface area contributed by atoms with Crippen LogP contribution < -0.4 is 5.32 Å².